The first-order valence-electron chi connectivity index (χ1n) is 10.4. The Morgan fingerprint density at radius 1 is 1.13 bits per heavy atom. The van der Waals surface area contributed by atoms with Gasteiger partial charge in [0.25, 0.3) is 0 Å². The maximum Gasteiger partial charge on any atom is 0.328 e. The smallest absolute Gasteiger partial charge is 0.328 e. The molecule has 1 aliphatic carbocycles. The Bertz CT molecular complexity index is 823. The summed E-state index contributed by atoms with van der Waals surface area (Å²) in [7, 11) is 0. The number of fused-ring (bicyclic) bond motifs is 1. The van der Waals surface area contributed by atoms with E-state index in [2.05, 4.69) is 42.1 Å². The van der Waals surface area contributed by atoms with Crippen molar-refractivity contribution in [1.82, 2.24) is 10.1 Å². The number of aliphatic carboxylic acids is 2. The molecule has 2 N–H and O–H groups in total. The van der Waals surface area contributed by atoms with Crippen molar-refractivity contribution in [3.8, 4) is 11.3 Å². The second-order valence-electron chi connectivity index (χ2n) is 7.26. The van der Waals surface area contributed by atoms with E-state index >= 15 is 0 Å². The van der Waals surface area contributed by atoms with E-state index in [1.807, 2.05) is 6.07 Å². The van der Waals surface area contributed by atoms with E-state index in [1.165, 1.54) is 55.5 Å². The first-order valence-corrected chi connectivity index (χ1v) is 10.4. The van der Waals surface area contributed by atoms with Crippen LogP contribution < -0.4 is 0 Å². The third kappa shape index (κ3) is 6.84. The summed E-state index contributed by atoms with van der Waals surface area (Å²) >= 11 is 0. The highest BCUT2D eigenvalue weighted by molar-refractivity contribution is 5.89. The Morgan fingerprint density at radius 2 is 1.80 bits per heavy atom. The van der Waals surface area contributed by atoms with Gasteiger partial charge in [0, 0.05) is 29.8 Å². The van der Waals surface area contributed by atoms with Gasteiger partial charge in [-0.3, -0.25) is 0 Å². The summed E-state index contributed by atoms with van der Waals surface area (Å²) in [6.45, 7) is 6.97. The van der Waals surface area contributed by atoms with Crippen LogP contribution in [0.2, 0.25) is 0 Å². The molecule has 0 amide bonds. The van der Waals surface area contributed by atoms with E-state index in [-0.39, 0.29) is 0 Å². The molecule has 30 heavy (non-hydrogen) atoms. The Morgan fingerprint density at radius 3 is 2.33 bits per heavy atom. The fourth-order valence-corrected chi connectivity index (χ4v) is 3.86. The number of nitrogens with zero attached hydrogens (tertiary/aromatic N) is 2. The van der Waals surface area contributed by atoms with Gasteiger partial charge in [-0.1, -0.05) is 37.2 Å². The number of benzene rings is 1. The Kier molecular flexibility index (Phi) is 9.28. The van der Waals surface area contributed by atoms with E-state index in [4.69, 9.17) is 14.7 Å². The summed E-state index contributed by atoms with van der Waals surface area (Å²) in [5.41, 5.74) is 4.18. The second kappa shape index (κ2) is 11.9. The van der Waals surface area contributed by atoms with Crippen LogP contribution in [0.25, 0.3) is 11.3 Å². The molecule has 3 rings (SSSR count). The van der Waals surface area contributed by atoms with Crippen molar-refractivity contribution in [3.63, 3.8) is 0 Å². The predicted octanol–water partition coefficient (Wildman–Crippen LogP) is 4.03. The van der Waals surface area contributed by atoms with Crippen molar-refractivity contribution < 1.29 is 24.3 Å². The molecule has 162 valence electrons. The van der Waals surface area contributed by atoms with E-state index < -0.39 is 11.9 Å². The highest BCUT2D eigenvalue weighted by Crippen LogP contribution is 2.33. The lowest BCUT2D eigenvalue weighted by atomic mass is 9.84. The predicted molar refractivity (Wildman–Crippen MR) is 114 cm³/mol. The van der Waals surface area contributed by atoms with Crippen LogP contribution in [0.4, 0.5) is 0 Å². The first-order chi connectivity index (χ1) is 14.5. The Hall–Kier alpha value is -2.93. The van der Waals surface area contributed by atoms with Crippen LogP contribution in [0, 0.1) is 0 Å². The molecule has 0 saturated carbocycles. The summed E-state index contributed by atoms with van der Waals surface area (Å²) < 4.78 is 5.41. The molecule has 0 unspecified atom stereocenters. The fourth-order valence-electron chi connectivity index (χ4n) is 3.86. The van der Waals surface area contributed by atoms with Gasteiger partial charge in [0.2, 0.25) is 0 Å². The van der Waals surface area contributed by atoms with Crippen LogP contribution in [0.15, 0.2) is 47.1 Å². The normalized spacial score (nSPS) is 15.5. The molecule has 2 aromatic rings. The number of carboxylic acids is 2. The van der Waals surface area contributed by atoms with E-state index in [0.717, 1.165) is 12.2 Å². The average molecular weight is 415 g/mol. The first kappa shape index (κ1) is 23.3. The Balaban J connectivity index is 0.000000343. The molecular weight excluding hydrogens is 384 g/mol. The number of aromatic nitrogens is 1. The topological polar surface area (TPSA) is 104 Å². The van der Waals surface area contributed by atoms with Crippen molar-refractivity contribution >= 4 is 11.9 Å². The molecule has 7 heteroatoms. The molecule has 1 aliphatic rings. The molecule has 1 aromatic carbocycles. The summed E-state index contributed by atoms with van der Waals surface area (Å²) in [6.07, 6.45) is 8.88. The third-order valence-corrected chi connectivity index (χ3v) is 5.07. The van der Waals surface area contributed by atoms with Crippen LogP contribution in [-0.4, -0.2) is 51.3 Å². The molecule has 0 spiro atoms. The molecule has 1 aromatic heterocycles. The highest BCUT2D eigenvalue weighted by Gasteiger charge is 2.26. The monoisotopic (exact) mass is 414 g/mol. The minimum Gasteiger partial charge on any atom is -0.478 e. The van der Waals surface area contributed by atoms with Gasteiger partial charge in [0.15, 0.2) is 5.76 Å². The minimum absolute atomic E-state index is 0.558. The Labute approximate surface area is 177 Å². The lowest BCUT2D eigenvalue weighted by Crippen LogP contribution is -2.40. The molecule has 0 radical (unpaired) electrons. The summed E-state index contributed by atoms with van der Waals surface area (Å²) in [4.78, 5) is 21.8. The quantitative estimate of drug-likeness (QED) is 0.628. The maximum atomic E-state index is 9.55. The van der Waals surface area contributed by atoms with Crippen molar-refractivity contribution in [2.45, 2.75) is 52.0 Å². The van der Waals surface area contributed by atoms with Crippen LogP contribution in [0.5, 0.6) is 0 Å². The molecule has 7 nitrogen and oxygen atoms in total. The number of hydrogen-bond acceptors (Lipinski definition) is 5. The zero-order valence-corrected chi connectivity index (χ0v) is 17.6. The zero-order valence-electron chi connectivity index (χ0n) is 17.6. The van der Waals surface area contributed by atoms with Crippen LogP contribution >= 0.6 is 0 Å². The van der Waals surface area contributed by atoms with Gasteiger partial charge >= 0.3 is 11.9 Å². The lowest BCUT2D eigenvalue weighted by Gasteiger charge is -2.35. The number of aryl methyl sites for hydroxylation is 1. The number of carboxylic acid groups (broad SMARTS) is 2. The van der Waals surface area contributed by atoms with Crippen LogP contribution in [0.3, 0.4) is 0 Å². The fraction of sp³-hybridized carbons (Fsp3) is 0.435. The second-order valence-corrected chi connectivity index (χ2v) is 7.26. The maximum absolute atomic E-state index is 9.55. The van der Waals surface area contributed by atoms with Crippen LogP contribution in [0.1, 0.15) is 44.2 Å². The van der Waals surface area contributed by atoms with Crippen molar-refractivity contribution in [1.29, 1.82) is 0 Å². The lowest BCUT2D eigenvalue weighted by molar-refractivity contribution is -0.134. The average Bonchev–Trinajstić information content (AvgIpc) is 3.26. The van der Waals surface area contributed by atoms with E-state index in [1.54, 1.807) is 6.20 Å². The van der Waals surface area contributed by atoms with Crippen LogP contribution in [-0.2, 0) is 22.4 Å². The third-order valence-electron chi connectivity index (χ3n) is 5.07. The SMILES string of the molecule is CCCN(CCC)[C@H]1CCc2cccc(-c3ccno3)c2C1.O=C(O)/C=C\C(=O)O. The molecule has 0 aliphatic heterocycles. The van der Waals surface area contributed by atoms with Gasteiger partial charge < -0.3 is 19.6 Å². The standard InChI is InChI=1S/C19H26N2O.C4H4O4/c1-3-12-21(13-4-2)16-9-8-15-6-5-7-17(18(15)14-16)19-10-11-20-22-19;5-3(6)1-2-4(7)8/h5-7,10-11,16H,3-4,8-9,12-14H2,1-2H3;1-2H,(H,5,6)(H,7,8)/b;2-1-/t16-;/m0./s1. The van der Waals surface area contributed by atoms with Gasteiger partial charge in [-0.05, 0) is 56.3 Å². The number of hydrogen-bond donors (Lipinski definition) is 2. The summed E-state index contributed by atoms with van der Waals surface area (Å²) in [5.74, 6) is -1.62. The van der Waals surface area contributed by atoms with Gasteiger partial charge in [0.05, 0.1) is 6.20 Å². The van der Waals surface area contributed by atoms with Crippen molar-refractivity contribution in [2.75, 3.05) is 13.1 Å². The molecule has 0 bridgehead atoms. The van der Waals surface area contributed by atoms with Gasteiger partial charge in [0.1, 0.15) is 0 Å². The highest BCUT2D eigenvalue weighted by atomic mass is 16.5. The molecule has 1 heterocycles. The molecule has 1 atom stereocenters. The number of carbonyl (C=O) groups is 2. The molecular formula is C23H30N2O5. The van der Waals surface area contributed by atoms with E-state index in [0.29, 0.717) is 18.2 Å². The largest absolute Gasteiger partial charge is 0.478 e. The van der Waals surface area contributed by atoms with E-state index in [9.17, 15) is 9.59 Å². The zero-order chi connectivity index (χ0) is 21.9. The van der Waals surface area contributed by atoms with Gasteiger partial charge in [-0.2, -0.15) is 0 Å². The van der Waals surface area contributed by atoms with Crippen molar-refractivity contribution in [2.24, 2.45) is 0 Å². The number of rotatable bonds is 8. The minimum atomic E-state index is -1.26. The molecule has 0 fully saturated rings. The van der Waals surface area contributed by atoms with Gasteiger partial charge in [-0.25, -0.2) is 9.59 Å². The van der Waals surface area contributed by atoms with Crippen molar-refractivity contribution in [3.05, 3.63) is 53.7 Å². The summed E-state index contributed by atoms with van der Waals surface area (Å²) in [5, 5.41) is 19.5. The summed E-state index contributed by atoms with van der Waals surface area (Å²) in [6, 6.07) is 9.22. The van der Waals surface area contributed by atoms with Gasteiger partial charge in [-0.15, -0.1) is 0 Å². The molecule has 0 saturated heterocycles.